The van der Waals surface area contributed by atoms with Crippen molar-refractivity contribution < 1.29 is 9.53 Å². The molecule has 0 bridgehead atoms. The van der Waals surface area contributed by atoms with Crippen molar-refractivity contribution in [1.82, 2.24) is 10.3 Å². The van der Waals surface area contributed by atoms with Crippen molar-refractivity contribution in [2.45, 2.75) is 18.9 Å². The zero-order valence-corrected chi connectivity index (χ0v) is 12.9. The average molecular weight is 306 g/mol. The summed E-state index contributed by atoms with van der Waals surface area (Å²) in [5, 5.41) is 4.40. The Hall–Kier alpha value is -2.75. The van der Waals surface area contributed by atoms with Gasteiger partial charge in [-0.15, -0.1) is 0 Å². The smallest absolute Gasteiger partial charge is 0.251 e. The molecular weight excluding hydrogens is 288 g/mol. The molecule has 1 amide bonds. The van der Waals surface area contributed by atoms with E-state index in [0.717, 1.165) is 24.1 Å². The van der Waals surface area contributed by atoms with Crippen molar-refractivity contribution in [2.75, 3.05) is 7.11 Å². The number of aromatic amines is 1. The maximum atomic E-state index is 12.4. The topological polar surface area (TPSA) is 54.1 Å². The lowest BCUT2D eigenvalue weighted by atomic mass is 9.88. The van der Waals surface area contributed by atoms with Crippen LogP contribution in [0.4, 0.5) is 0 Å². The summed E-state index contributed by atoms with van der Waals surface area (Å²) < 4.78 is 5.51. The Morgan fingerprint density at radius 3 is 2.78 bits per heavy atom. The molecule has 1 atom stereocenters. The third kappa shape index (κ3) is 2.36. The molecule has 1 aromatic heterocycles. The summed E-state index contributed by atoms with van der Waals surface area (Å²) >= 11 is 0. The van der Waals surface area contributed by atoms with Gasteiger partial charge in [-0.3, -0.25) is 4.79 Å². The third-order valence-electron chi connectivity index (χ3n) is 4.50. The molecule has 0 saturated heterocycles. The van der Waals surface area contributed by atoms with Crippen molar-refractivity contribution >= 4 is 16.8 Å². The van der Waals surface area contributed by atoms with E-state index in [1.807, 2.05) is 48.7 Å². The Labute approximate surface area is 134 Å². The molecule has 1 heterocycles. The summed E-state index contributed by atoms with van der Waals surface area (Å²) in [6.45, 7) is 0. The molecule has 0 aliphatic heterocycles. The number of H-pyrrole nitrogens is 1. The molecule has 1 unspecified atom stereocenters. The molecule has 2 N–H and O–H groups in total. The highest BCUT2D eigenvalue weighted by molar-refractivity contribution is 5.95. The van der Waals surface area contributed by atoms with Gasteiger partial charge in [-0.05, 0) is 42.7 Å². The van der Waals surface area contributed by atoms with Crippen LogP contribution in [0, 0.1) is 0 Å². The summed E-state index contributed by atoms with van der Waals surface area (Å²) in [7, 11) is 1.69. The molecule has 1 aliphatic carbocycles. The van der Waals surface area contributed by atoms with E-state index >= 15 is 0 Å². The fourth-order valence-corrected chi connectivity index (χ4v) is 3.45. The second kappa shape index (κ2) is 5.47. The van der Waals surface area contributed by atoms with Gasteiger partial charge in [-0.25, -0.2) is 0 Å². The predicted octanol–water partition coefficient (Wildman–Crippen LogP) is 3.07. The van der Waals surface area contributed by atoms with Crippen molar-refractivity contribution in [3.05, 3.63) is 65.4 Å². The predicted molar refractivity (Wildman–Crippen MR) is 90.0 cm³/mol. The zero-order valence-electron chi connectivity index (χ0n) is 12.9. The fraction of sp³-hybridized carbons (Fsp3) is 0.211. The van der Waals surface area contributed by atoms with Crippen LogP contribution in [-0.4, -0.2) is 24.0 Å². The van der Waals surface area contributed by atoms with E-state index in [0.29, 0.717) is 5.56 Å². The molecule has 4 heteroatoms. The first-order valence-corrected chi connectivity index (χ1v) is 7.78. The summed E-state index contributed by atoms with van der Waals surface area (Å²) in [5.74, 6) is 0.859. The van der Waals surface area contributed by atoms with E-state index in [4.69, 9.17) is 4.74 Å². The first-order valence-electron chi connectivity index (χ1n) is 7.78. The summed E-state index contributed by atoms with van der Waals surface area (Å²) in [4.78, 5) is 15.7. The van der Waals surface area contributed by atoms with E-state index in [2.05, 4.69) is 10.3 Å². The van der Waals surface area contributed by atoms with Crippen LogP contribution in [0.15, 0.2) is 48.7 Å². The molecule has 0 fully saturated rings. The van der Waals surface area contributed by atoms with Gasteiger partial charge in [-0.2, -0.15) is 0 Å². The average Bonchev–Trinajstić information content (AvgIpc) is 3.00. The number of hydrogen-bond acceptors (Lipinski definition) is 2. The highest BCUT2D eigenvalue weighted by Gasteiger charge is 2.25. The quantitative estimate of drug-likeness (QED) is 0.781. The minimum Gasteiger partial charge on any atom is -0.496 e. The van der Waals surface area contributed by atoms with Crippen LogP contribution in [-0.2, 0) is 12.8 Å². The zero-order chi connectivity index (χ0) is 15.8. The second-order valence-electron chi connectivity index (χ2n) is 5.93. The lowest BCUT2D eigenvalue weighted by Gasteiger charge is -2.25. The molecule has 0 saturated carbocycles. The van der Waals surface area contributed by atoms with E-state index in [9.17, 15) is 4.79 Å². The number of carbonyl (C=O) groups is 1. The van der Waals surface area contributed by atoms with Gasteiger partial charge in [0.25, 0.3) is 5.91 Å². The first-order chi connectivity index (χ1) is 11.3. The Bertz CT molecular complexity index is 868. The van der Waals surface area contributed by atoms with Crippen molar-refractivity contribution in [3.63, 3.8) is 0 Å². The number of ether oxygens (including phenoxy) is 1. The highest BCUT2D eigenvalue weighted by Crippen LogP contribution is 2.35. The van der Waals surface area contributed by atoms with Gasteiger partial charge in [0.1, 0.15) is 5.75 Å². The SMILES string of the molecule is COc1ccc2[nH]cc3c2c1CC(NC(=O)c1ccccc1)C3. The number of rotatable bonds is 3. The van der Waals surface area contributed by atoms with Gasteiger partial charge in [0, 0.05) is 34.3 Å². The normalized spacial score (nSPS) is 16.3. The van der Waals surface area contributed by atoms with Gasteiger partial charge in [0.15, 0.2) is 0 Å². The Morgan fingerprint density at radius 1 is 1.17 bits per heavy atom. The standard InChI is InChI=1S/C19H18N2O2/c1-23-17-8-7-16-18-13(11-20-16)9-14(10-15(17)18)21-19(22)12-5-3-2-4-6-12/h2-8,11,14,20H,9-10H2,1H3,(H,21,22). The molecule has 116 valence electrons. The lowest BCUT2D eigenvalue weighted by molar-refractivity contribution is 0.0936. The molecular formula is C19H18N2O2. The number of carbonyl (C=O) groups excluding carboxylic acids is 1. The van der Waals surface area contributed by atoms with Crippen LogP contribution in [0.25, 0.3) is 10.9 Å². The first kappa shape index (κ1) is 13.9. The van der Waals surface area contributed by atoms with Crippen LogP contribution >= 0.6 is 0 Å². The molecule has 23 heavy (non-hydrogen) atoms. The Kier molecular flexibility index (Phi) is 3.30. The van der Waals surface area contributed by atoms with Gasteiger partial charge < -0.3 is 15.0 Å². The second-order valence-corrected chi connectivity index (χ2v) is 5.93. The van der Waals surface area contributed by atoms with Crippen LogP contribution in [0.2, 0.25) is 0 Å². The third-order valence-corrected chi connectivity index (χ3v) is 4.50. The maximum Gasteiger partial charge on any atom is 0.251 e. The van der Waals surface area contributed by atoms with Crippen LogP contribution in [0.1, 0.15) is 21.5 Å². The summed E-state index contributed by atoms with van der Waals surface area (Å²) in [6, 6.07) is 13.4. The molecule has 4 nitrogen and oxygen atoms in total. The molecule has 0 spiro atoms. The molecule has 0 radical (unpaired) electrons. The molecule has 2 aromatic carbocycles. The molecule has 4 rings (SSSR count). The van der Waals surface area contributed by atoms with E-state index in [1.165, 1.54) is 16.5 Å². The van der Waals surface area contributed by atoms with Gasteiger partial charge in [0.2, 0.25) is 0 Å². The molecule has 3 aromatic rings. The monoisotopic (exact) mass is 306 g/mol. The fourth-order valence-electron chi connectivity index (χ4n) is 3.45. The summed E-state index contributed by atoms with van der Waals surface area (Å²) in [5.41, 5.74) is 4.23. The largest absolute Gasteiger partial charge is 0.496 e. The van der Waals surface area contributed by atoms with E-state index in [1.54, 1.807) is 7.11 Å². The number of hydrogen-bond donors (Lipinski definition) is 2. The number of aromatic nitrogens is 1. The van der Waals surface area contributed by atoms with Crippen LogP contribution in [0.3, 0.4) is 0 Å². The van der Waals surface area contributed by atoms with Crippen molar-refractivity contribution in [2.24, 2.45) is 0 Å². The lowest BCUT2D eigenvalue weighted by Crippen LogP contribution is -2.39. The number of amides is 1. The van der Waals surface area contributed by atoms with E-state index < -0.39 is 0 Å². The number of methoxy groups -OCH3 is 1. The highest BCUT2D eigenvalue weighted by atomic mass is 16.5. The number of nitrogens with one attached hydrogen (secondary N) is 2. The van der Waals surface area contributed by atoms with Crippen LogP contribution in [0.5, 0.6) is 5.75 Å². The molecule has 1 aliphatic rings. The van der Waals surface area contributed by atoms with Crippen molar-refractivity contribution in [1.29, 1.82) is 0 Å². The minimum atomic E-state index is -0.0271. The minimum absolute atomic E-state index is 0.0271. The Morgan fingerprint density at radius 2 is 2.00 bits per heavy atom. The van der Waals surface area contributed by atoms with Crippen molar-refractivity contribution in [3.8, 4) is 5.75 Å². The van der Waals surface area contributed by atoms with E-state index in [-0.39, 0.29) is 11.9 Å². The van der Waals surface area contributed by atoms with Crippen LogP contribution < -0.4 is 10.1 Å². The van der Waals surface area contributed by atoms with Gasteiger partial charge in [-0.1, -0.05) is 18.2 Å². The maximum absolute atomic E-state index is 12.4. The van der Waals surface area contributed by atoms with Gasteiger partial charge in [0.05, 0.1) is 7.11 Å². The summed E-state index contributed by atoms with van der Waals surface area (Å²) in [6.07, 6.45) is 3.65. The Balaban J connectivity index is 1.63. The number of benzene rings is 2. The van der Waals surface area contributed by atoms with Gasteiger partial charge >= 0.3 is 0 Å².